The Morgan fingerprint density at radius 1 is 1.21 bits per heavy atom. The third-order valence-corrected chi connectivity index (χ3v) is 4.15. The average Bonchev–Trinajstić information content (AvgIpc) is 3.17. The maximum atomic E-state index is 12.1. The summed E-state index contributed by atoms with van der Waals surface area (Å²) in [5.41, 5.74) is 2.12. The minimum atomic E-state index is -0.445. The van der Waals surface area contributed by atoms with Gasteiger partial charge in [-0.3, -0.25) is 19.6 Å². The lowest BCUT2D eigenvalue weighted by molar-refractivity contribution is -0.384. The molecule has 0 aliphatic rings. The van der Waals surface area contributed by atoms with E-state index in [-0.39, 0.29) is 18.1 Å². The van der Waals surface area contributed by atoms with Crippen molar-refractivity contribution in [3.63, 3.8) is 0 Å². The van der Waals surface area contributed by atoms with Crippen molar-refractivity contribution >= 4 is 17.5 Å². The van der Waals surface area contributed by atoms with Crippen molar-refractivity contribution in [1.82, 2.24) is 9.78 Å². The van der Waals surface area contributed by atoms with Gasteiger partial charge in [-0.1, -0.05) is 12.1 Å². The molecule has 0 aliphatic heterocycles. The van der Waals surface area contributed by atoms with E-state index in [1.54, 1.807) is 54.3 Å². The molecule has 0 spiro atoms. The quantitative estimate of drug-likeness (QED) is 0.250. The highest BCUT2D eigenvalue weighted by molar-refractivity contribution is 6.06. The number of methoxy groups -OCH3 is 1. The number of ether oxygens (including phenoxy) is 2. The van der Waals surface area contributed by atoms with E-state index < -0.39 is 4.92 Å². The Balaban J connectivity index is 1.67. The van der Waals surface area contributed by atoms with Crippen molar-refractivity contribution in [2.75, 3.05) is 7.11 Å². The maximum Gasteiger partial charge on any atom is 0.269 e. The minimum absolute atomic E-state index is 0.0308. The Bertz CT molecular complexity index is 1050. The fraction of sp³-hybridized carbons (Fsp3) is 0.143. The lowest BCUT2D eigenvalue weighted by atomic mass is 10.1. The van der Waals surface area contributed by atoms with Crippen molar-refractivity contribution in [1.29, 1.82) is 0 Å². The standard InChI is InChI=1S/C21H19N3O5/c1-23-13-17(12-22-23)19(25)9-5-15-6-10-20(21(11-15)28-2)29-14-16-3-7-18(8-4-16)24(26)27/h3-13H,14H2,1-2H3/b9-5+. The lowest BCUT2D eigenvalue weighted by Gasteiger charge is -2.11. The number of hydrogen-bond donors (Lipinski definition) is 0. The number of non-ortho nitro benzene ring substituents is 1. The largest absolute Gasteiger partial charge is 0.493 e. The van der Waals surface area contributed by atoms with Crippen LogP contribution in [0.1, 0.15) is 21.5 Å². The third kappa shape index (κ3) is 5.07. The highest BCUT2D eigenvalue weighted by Gasteiger charge is 2.08. The summed E-state index contributed by atoms with van der Waals surface area (Å²) in [6, 6.07) is 11.5. The molecule has 1 heterocycles. The van der Waals surface area contributed by atoms with Crippen LogP contribution in [0.3, 0.4) is 0 Å². The Hall–Kier alpha value is -3.94. The zero-order valence-electron chi connectivity index (χ0n) is 15.9. The number of nitrogens with zero attached hydrogens (tertiary/aromatic N) is 3. The predicted octanol–water partition coefficient (Wildman–Crippen LogP) is 3.81. The Morgan fingerprint density at radius 3 is 2.59 bits per heavy atom. The smallest absolute Gasteiger partial charge is 0.269 e. The van der Waals surface area contributed by atoms with Gasteiger partial charge in [0.05, 0.1) is 23.8 Å². The number of allylic oxidation sites excluding steroid dienone is 1. The monoisotopic (exact) mass is 393 g/mol. The molecule has 0 fully saturated rings. The summed E-state index contributed by atoms with van der Waals surface area (Å²) in [4.78, 5) is 22.4. The molecule has 2 aromatic carbocycles. The van der Waals surface area contributed by atoms with Crippen LogP contribution in [0, 0.1) is 10.1 Å². The zero-order valence-corrected chi connectivity index (χ0v) is 15.9. The SMILES string of the molecule is COc1cc(/C=C/C(=O)c2cnn(C)c2)ccc1OCc1ccc([N+](=O)[O-])cc1. The van der Waals surface area contributed by atoms with Gasteiger partial charge in [-0.2, -0.15) is 5.10 Å². The Morgan fingerprint density at radius 2 is 1.97 bits per heavy atom. The molecule has 29 heavy (non-hydrogen) atoms. The van der Waals surface area contributed by atoms with Crippen LogP contribution in [0.15, 0.2) is 60.9 Å². The zero-order chi connectivity index (χ0) is 20.8. The first kappa shape index (κ1) is 19.8. The molecule has 8 nitrogen and oxygen atoms in total. The molecule has 0 saturated heterocycles. The first-order chi connectivity index (χ1) is 14.0. The number of hydrogen-bond acceptors (Lipinski definition) is 6. The van der Waals surface area contributed by atoms with Crippen LogP contribution in [0.5, 0.6) is 11.5 Å². The van der Waals surface area contributed by atoms with Crippen molar-refractivity contribution < 1.29 is 19.2 Å². The van der Waals surface area contributed by atoms with Crippen molar-refractivity contribution in [2.24, 2.45) is 7.05 Å². The first-order valence-electron chi connectivity index (χ1n) is 8.71. The number of carbonyl (C=O) groups is 1. The number of benzene rings is 2. The van der Waals surface area contributed by atoms with Gasteiger partial charge in [-0.25, -0.2) is 0 Å². The summed E-state index contributed by atoms with van der Waals surface area (Å²) in [5, 5.41) is 14.7. The van der Waals surface area contributed by atoms with Gasteiger partial charge in [0.25, 0.3) is 5.69 Å². The number of carbonyl (C=O) groups excluding carboxylic acids is 1. The topological polar surface area (TPSA) is 96.5 Å². The van der Waals surface area contributed by atoms with E-state index in [0.29, 0.717) is 17.1 Å². The van der Waals surface area contributed by atoms with E-state index in [1.807, 2.05) is 0 Å². The van der Waals surface area contributed by atoms with Crippen molar-refractivity contribution in [2.45, 2.75) is 6.61 Å². The Kier molecular flexibility index (Phi) is 6.03. The van der Waals surface area contributed by atoms with Gasteiger partial charge in [-0.15, -0.1) is 0 Å². The van der Waals surface area contributed by atoms with Crippen LogP contribution >= 0.6 is 0 Å². The fourth-order valence-electron chi connectivity index (χ4n) is 2.60. The molecular weight excluding hydrogens is 374 g/mol. The summed E-state index contributed by atoms with van der Waals surface area (Å²) < 4.78 is 12.7. The van der Waals surface area contributed by atoms with Gasteiger partial charge in [0.2, 0.25) is 0 Å². The molecule has 1 aromatic heterocycles. The van der Waals surface area contributed by atoms with Crippen molar-refractivity contribution in [3.8, 4) is 11.5 Å². The highest BCUT2D eigenvalue weighted by Crippen LogP contribution is 2.29. The summed E-state index contributed by atoms with van der Waals surface area (Å²) in [7, 11) is 3.28. The Labute approximate surface area is 167 Å². The van der Waals surface area contributed by atoms with Gasteiger partial charge in [-0.05, 0) is 41.5 Å². The molecule has 0 radical (unpaired) electrons. The number of rotatable bonds is 8. The number of nitro groups is 1. The molecule has 3 rings (SSSR count). The van der Waals surface area contributed by atoms with Gasteiger partial charge in [0, 0.05) is 25.4 Å². The van der Waals surface area contributed by atoms with Crippen LogP contribution in [-0.4, -0.2) is 27.6 Å². The molecule has 0 bridgehead atoms. The second kappa shape index (κ2) is 8.83. The minimum Gasteiger partial charge on any atom is -0.493 e. The molecule has 0 N–H and O–H groups in total. The highest BCUT2D eigenvalue weighted by atomic mass is 16.6. The summed E-state index contributed by atoms with van der Waals surface area (Å²) in [6.07, 6.45) is 6.34. The molecular formula is C21H19N3O5. The molecule has 8 heteroatoms. The normalized spacial score (nSPS) is 10.8. The van der Waals surface area contributed by atoms with Crippen LogP contribution in [-0.2, 0) is 13.7 Å². The van der Waals surface area contributed by atoms with E-state index in [4.69, 9.17) is 9.47 Å². The summed E-state index contributed by atoms with van der Waals surface area (Å²) >= 11 is 0. The molecule has 148 valence electrons. The third-order valence-electron chi connectivity index (χ3n) is 4.15. The van der Waals surface area contributed by atoms with Crippen LogP contribution in [0.4, 0.5) is 5.69 Å². The second-order valence-corrected chi connectivity index (χ2v) is 6.22. The first-order valence-corrected chi connectivity index (χ1v) is 8.71. The summed E-state index contributed by atoms with van der Waals surface area (Å²) in [5.74, 6) is 0.903. The molecule has 3 aromatic rings. The molecule has 0 amide bonds. The fourth-order valence-corrected chi connectivity index (χ4v) is 2.60. The van der Waals surface area contributed by atoms with E-state index in [0.717, 1.165) is 11.1 Å². The van der Waals surface area contributed by atoms with Gasteiger partial charge in [0.1, 0.15) is 6.61 Å². The molecule has 0 atom stereocenters. The number of nitro benzene ring substituents is 1. The lowest BCUT2D eigenvalue weighted by Crippen LogP contribution is -1.98. The van der Waals surface area contributed by atoms with Crippen molar-refractivity contribution in [3.05, 3.63) is 87.7 Å². The predicted molar refractivity (Wildman–Crippen MR) is 107 cm³/mol. The average molecular weight is 393 g/mol. The molecule has 0 saturated carbocycles. The van der Waals surface area contributed by atoms with E-state index >= 15 is 0 Å². The van der Waals surface area contributed by atoms with Gasteiger partial charge >= 0.3 is 0 Å². The number of aryl methyl sites for hydroxylation is 1. The molecule has 0 unspecified atom stereocenters. The van der Waals surface area contributed by atoms with Crippen LogP contribution < -0.4 is 9.47 Å². The van der Waals surface area contributed by atoms with Gasteiger partial charge < -0.3 is 9.47 Å². The molecule has 0 aliphatic carbocycles. The number of ketones is 1. The van der Waals surface area contributed by atoms with Crippen LogP contribution in [0.2, 0.25) is 0 Å². The second-order valence-electron chi connectivity index (χ2n) is 6.22. The number of aromatic nitrogens is 2. The van der Waals surface area contributed by atoms with Gasteiger partial charge in [0.15, 0.2) is 17.3 Å². The maximum absolute atomic E-state index is 12.1. The van der Waals surface area contributed by atoms with E-state index in [2.05, 4.69) is 5.10 Å². The summed E-state index contributed by atoms with van der Waals surface area (Å²) in [6.45, 7) is 0.239. The van der Waals surface area contributed by atoms with E-state index in [1.165, 1.54) is 31.5 Å². The van der Waals surface area contributed by atoms with E-state index in [9.17, 15) is 14.9 Å². The van der Waals surface area contributed by atoms with Crippen LogP contribution in [0.25, 0.3) is 6.08 Å².